The first-order chi connectivity index (χ1) is 8.85. The molecule has 18 heavy (non-hydrogen) atoms. The van der Waals surface area contributed by atoms with Gasteiger partial charge in [-0.15, -0.1) is 0 Å². The van der Waals surface area contributed by atoms with Crippen LogP contribution in [-0.2, 0) is 6.42 Å². The van der Waals surface area contributed by atoms with E-state index in [-0.39, 0.29) is 12.2 Å². The zero-order valence-corrected chi connectivity index (χ0v) is 11.1. The molecule has 2 rings (SSSR count). The van der Waals surface area contributed by atoms with Gasteiger partial charge in [-0.25, -0.2) is 0 Å². The number of halogens is 1. The van der Waals surface area contributed by atoms with Gasteiger partial charge in [0, 0.05) is 5.54 Å². The van der Waals surface area contributed by atoms with Gasteiger partial charge in [-0.3, -0.25) is 4.39 Å². The van der Waals surface area contributed by atoms with Crippen molar-refractivity contribution in [1.82, 2.24) is 5.32 Å². The first-order valence-corrected chi connectivity index (χ1v) is 7.20. The number of benzene rings is 1. The summed E-state index contributed by atoms with van der Waals surface area (Å²) < 4.78 is 12.3. The highest BCUT2D eigenvalue weighted by atomic mass is 19.1. The molecule has 1 N–H and O–H groups in total. The molecule has 0 bridgehead atoms. The molecule has 0 saturated heterocycles. The highest BCUT2D eigenvalue weighted by Crippen LogP contribution is 2.38. The zero-order valence-electron chi connectivity index (χ0n) is 11.1. The van der Waals surface area contributed by atoms with Crippen molar-refractivity contribution in [2.45, 2.75) is 50.5 Å². The van der Waals surface area contributed by atoms with Crippen molar-refractivity contribution in [2.24, 2.45) is 0 Å². The van der Waals surface area contributed by atoms with E-state index in [0.717, 1.165) is 6.54 Å². The second-order valence-electron chi connectivity index (χ2n) is 5.44. The number of hydrogen-bond donors (Lipinski definition) is 1. The third-order valence-corrected chi connectivity index (χ3v) is 3.91. The van der Waals surface area contributed by atoms with Gasteiger partial charge in [-0.1, -0.05) is 36.8 Å². The summed E-state index contributed by atoms with van der Waals surface area (Å²) in [5.74, 6) is 0. The van der Waals surface area contributed by atoms with E-state index in [1.165, 1.54) is 44.1 Å². The minimum Gasteiger partial charge on any atom is -0.311 e. The molecular weight excluding hydrogens is 225 g/mol. The van der Waals surface area contributed by atoms with Crippen molar-refractivity contribution in [3.05, 3.63) is 35.9 Å². The number of nitrogens with one attached hydrogen (secondary N) is 1. The smallest absolute Gasteiger partial charge is 0.0912 e. The Morgan fingerprint density at radius 2 is 1.83 bits per heavy atom. The highest BCUT2D eigenvalue weighted by Gasteiger charge is 2.41. The molecule has 0 amide bonds. The van der Waals surface area contributed by atoms with Crippen LogP contribution in [0.5, 0.6) is 0 Å². The van der Waals surface area contributed by atoms with Crippen molar-refractivity contribution in [3.8, 4) is 0 Å². The molecule has 1 aliphatic carbocycles. The van der Waals surface area contributed by atoms with Gasteiger partial charge in [-0.2, -0.15) is 0 Å². The van der Waals surface area contributed by atoms with Crippen molar-refractivity contribution in [3.63, 3.8) is 0 Å². The quantitative estimate of drug-likeness (QED) is 0.655. The second kappa shape index (κ2) is 6.89. The summed E-state index contributed by atoms with van der Waals surface area (Å²) in [6, 6.07) is 10.7. The topological polar surface area (TPSA) is 12.0 Å². The highest BCUT2D eigenvalue weighted by molar-refractivity contribution is 5.14. The summed E-state index contributed by atoms with van der Waals surface area (Å²) in [6.07, 6.45) is 7.94. The minimum atomic E-state index is -0.180. The molecule has 1 saturated carbocycles. The third kappa shape index (κ3) is 4.41. The van der Waals surface area contributed by atoms with Crippen molar-refractivity contribution in [1.29, 1.82) is 0 Å². The number of aryl methyl sites for hydroxylation is 1. The third-order valence-electron chi connectivity index (χ3n) is 3.91. The molecule has 0 unspecified atom stereocenters. The molecule has 0 aromatic heterocycles. The monoisotopic (exact) mass is 249 g/mol. The molecule has 0 aliphatic heterocycles. The Labute approximate surface area is 110 Å². The summed E-state index contributed by atoms with van der Waals surface area (Å²) in [4.78, 5) is 0. The van der Waals surface area contributed by atoms with Crippen LogP contribution in [-0.4, -0.2) is 18.8 Å². The Kier molecular flexibility index (Phi) is 5.18. The van der Waals surface area contributed by atoms with Crippen LogP contribution in [0.4, 0.5) is 4.39 Å². The average molecular weight is 249 g/mol. The van der Waals surface area contributed by atoms with Gasteiger partial charge in [0.15, 0.2) is 0 Å². The molecule has 1 nitrogen and oxygen atoms in total. The van der Waals surface area contributed by atoms with E-state index < -0.39 is 0 Å². The summed E-state index contributed by atoms with van der Waals surface area (Å²) in [5, 5.41) is 3.53. The van der Waals surface area contributed by atoms with Gasteiger partial charge in [0.2, 0.25) is 0 Å². The van der Waals surface area contributed by atoms with Gasteiger partial charge in [-0.05, 0) is 50.6 Å². The van der Waals surface area contributed by atoms with E-state index in [1.807, 2.05) is 0 Å². The van der Waals surface area contributed by atoms with Gasteiger partial charge >= 0.3 is 0 Å². The average Bonchev–Trinajstić information content (AvgIpc) is 3.15. The maximum absolute atomic E-state index is 12.3. The van der Waals surface area contributed by atoms with Gasteiger partial charge in [0.05, 0.1) is 6.67 Å². The molecule has 0 spiro atoms. The van der Waals surface area contributed by atoms with Crippen LogP contribution in [0.15, 0.2) is 30.3 Å². The maximum Gasteiger partial charge on any atom is 0.0912 e. The Bertz CT molecular complexity index is 332. The maximum atomic E-state index is 12.3. The van der Waals surface area contributed by atoms with E-state index in [0.29, 0.717) is 6.42 Å². The fourth-order valence-electron chi connectivity index (χ4n) is 2.48. The van der Waals surface area contributed by atoms with Gasteiger partial charge in [0.25, 0.3) is 0 Å². The van der Waals surface area contributed by atoms with Gasteiger partial charge < -0.3 is 5.32 Å². The van der Waals surface area contributed by atoms with E-state index in [4.69, 9.17) is 0 Å². The van der Waals surface area contributed by atoms with Crippen LogP contribution in [0.3, 0.4) is 0 Å². The minimum absolute atomic E-state index is 0.180. The normalized spacial score (nSPS) is 16.7. The molecule has 100 valence electrons. The SMILES string of the molecule is FCCC1(NCCCCCc2ccccc2)CC1. The Hall–Kier alpha value is -0.890. The van der Waals surface area contributed by atoms with E-state index >= 15 is 0 Å². The lowest BCUT2D eigenvalue weighted by atomic mass is 10.1. The van der Waals surface area contributed by atoms with Crippen molar-refractivity contribution in [2.75, 3.05) is 13.2 Å². The van der Waals surface area contributed by atoms with Crippen LogP contribution < -0.4 is 5.32 Å². The van der Waals surface area contributed by atoms with Crippen LogP contribution >= 0.6 is 0 Å². The zero-order chi connectivity index (χ0) is 12.7. The lowest BCUT2D eigenvalue weighted by molar-refractivity contribution is 0.378. The first-order valence-electron chi connectivity index (χ1n) is 7.20. The van der Waals surface area contributed by atoms with Crippen LogP contribution in [0.25, 0.3) is 0 Å². The van der Waals surface area contributed by atoms with Crippen molar-refractivity contribution >= 4 is 0 Å². The number of rotatable bonds is 9. The number of hydrogen-bond acceptors (Lipinski definition) is 1. The Morgan fingerprint density at radius 3 is 2.50 bits per heavy atom. The fraction of sp³-hybridized carbons (Fsp3) is 0.625. The van der Waals surface area contributed by atoms with Gasteiger partial charge in [0.1, 0.15) is 0 Å². The van der Waals surface area contributed by atoms with E-state index in [1.54, 1.807) is 0 Å². The molecule has 0 heterocycles. The second-order valence-corrected chi connectivity index (χ2v) is 5.44. The molecule has 0 radical (unpaired) electrons. The number of unbranched alkanes of at least 4 members (excludes halogenated alkanes) is 2. The Balaban J connectivity index is 1.49. The lowest BCUT2D eigenvalue weighted by Crippen LogP contribution is -2.32. The summed E-state index contributed by atoms with van der Waals surface area (Å²) >= 11 is 0. The van der Waals surface area contributed by atoms with Crippen molar-refractivity contribution < 1.29 is 4.39 Å². The summed E-state index contributed by atoms with van der Waals surface area (Å²) in [7, 11) is 0. The summed E-state index contributed by atoms with van der Waals surface area (Å²) in [6.45, 7) is 0.871. The fourth-order valence-corrected chi connectivity index (χ4v) is 2.48. The van der Waals surface area contributed by atoms with E-state index in [2.05, 4.69) is 35.6 Å². The molecule has 1 aliphatic rings. The predicted octanol–water partition coefficient (Wildman–Crippen LogP) is 3.88. The molecule has 1 fully saturated rings. The lowest BCUT2D eigenvalue weighted by Gasteiger charge is -2.15. The Morgan fingerprint density at radius 1 is 1.06 bits per heavy atom. The first kappa shape index (κ1) is 13.5. The largest absolute Gasteiger partial charge is 0.311 e. The molecule has 2 heteroatoms. The molecule has 1 aromatic carbocycles. The molecular formula is C16H24FN. The standard InChI is InChI=1S/C16H24FN/c17-13-12-16(10-11-16)18-14-6-2-5-9-15-7-3-1-4-8-15/h1,3-4,7-8,18H,2,5-6,9-14H2. The van der Waals surface area contributed by atoms with E-state index in [9.17, 15) is 4.39 Å². The number of alkyl halides is 1. The van der Waals surface area contributed by atoms with Crippen LogP contribution in [0.1, 0.15) is 44.1 Å². The van der Waals surface area contributed by atoms with Crippen LogP contribution in [0, 0.1) is 0 Å². The van der Waals surface area contributed by atoms with Crippen LogP contribution in [0.2, 0.25) is 0 Å². The summed E-state index contributed by atoms with van der Waals surface area (Å²) in [5.41, 5.74) is 1.62. The predicted molar refractivity (Wildman–Crippen MR) is 74.6 cm³/mol. The molecule has 1 aromatic rings. The molecule has 0 atom stereocenters.